The van der Waals surface area contributed by atoms with Gasteiger partial charge in [-0.05, 0) is 38.8 Å². The van der Waals surface area contributed by atoms with Gasteiger partial charge in [-0.25, -0.2) is 4.98 Å². The Kier molecular flexibility index (Phi) is 6.46. The number of amides is 2. The summed E-state index contributed by atoms with van der Waals surface area (Å²) in [5.74, 6) is 0.773. The van der Waals surface area contributed by atoms with E-state index >= 15 is 0 Å². The van der Waals surface area contributed by atoms with Gasteiger partial charge < -0.3 is 19.9 Å². The van der Waals surface area contributed by atoms with Gasteiger partial charge in [0.05, 0.1) is 30.0 Å². The largest absolute Gasteiger partial charge is 0.372 e. The van der Waals surface area contributed by atoms with E-state index in [1.165, 1.54) is 0 Å². The van der Waals surface area contributed by atoms with Crippen LogP contribution in [0.5, 0.6) is 0 Å². The number of piperidine rings is 1. The second kappa shape index (κ2) is 8.69. The molecule has 29 heavy (non-hydrogen) atoms. The van der Waals surface area contributed by atoms with E-state index in [0.29, 0.717) is 12.2 Å². The molecule has 160 valence electrons. The number of nitrogens with one attached hydrogen (secondary N) is 1. The molecule has 0 bridgehead atoms. The molecule has 2 aliphatic rings. The van der Waals surface area contributed by atoms with E-state index in [2.05, 4.69) is 29.0 Å². The average Bonchev–Trinajstić information content (AvgIpc) is 2.66. The molecule has 2 aliphatic heterocycles. The first-order valence-corrected chi connectivity index (χ1v) is 10.6. The second-order valence-corrected chi connectivity index (χ2v) is 9.40. The van der Waals surface area contributed by atoms with E-state index in [9.17, 15) is 9.59 Å². The van der Waals surface area contributed by atoms with E-state index in [1.54, 1.807) is 6.20 Å². The lowest BCUT2D eigenvalue weighted by Gasteiger charge is -2.36. The van der Waals surface area contributed by atoms with Crippen molar-refractivity contribution in [1.29, 1.82) is 0 Å². The van der Waals surface area contributed by atoms with Crippen molar-refractivity contribution >= 4 is 23.3 Å². The SMILES string of the molecule is C[C@@H]1CN(c2ccc(NC(=O)[C@@H]3CCCN(C(=O)C(C)(C)C)C3)cn2)C[C@H](C)O1. The molecule has 2 saturated heterocycles. The summed E-state index contributed by atoms with van der Waals surface area (Å²) >= 11 is 0. The summed E-state index contributed by atoms with van der Waals surface area (Å²) in [6.45, 7) is 12.7. The van der Waals surface area contributed by atoms with Gasteiger partial charge in [0, 0.05) is 31.6 Å². The number of hydrogen-bond acceptors (Lipinski definition) is 5. The van der Waals surface area contributed by atoms with Gasteiger partial charge in [0.1, 0.15) is 5.82 Å². The number of anilines is 2. The first-order chi connectivity index (χ1) is 13.6. The number of carbonyl (C=O) groups excluding carboxylic acids is 2. The fraction of sp³-hybridized carbons (Fsp3) is 0.682. The van der Waals surface area contributed by atoms with Crippen LogP contribution >= 0.6 is 0 Å². The molecule has 1 aromatic heterocycles. The van der Waals surface area contributed by atoms with Crippen LogP contribution in [0.4, 0.5) is 11.5 Å². The first kappa shape index (κ1) is 21.6. The fourth-order valence-electron chi connectivity index (χ4n) is 4.11. The van der Waals surface area contributed by atoms with Crippen molar-refractivity contribution in [3.8, 4) is 0 Å². The number of ether oxygens (including phenoxy) is 1. The van der Waals surface area contributed by atoms with E-state index in [1.807, 2.05) is 37.8 Å². The summed E-state index contributed by atoms with van der Waals surface area (Å²) in [5, 5.41) is 2.97. The van der Waals surface area contributed by atoms with Gasteiger partial charge in [0.15, 0.2) is 0 Å². The molecular formula is C22H34N4O3. The van der Waals surface area contributed by atoms with Crippen molar-refractivity contribution in [2.45, 2.75) is 59.7 Å². The molecule has 0 saturated carbocycles. The molecule has 3 atom stereocenters. The molecule has 3 rings (SSSR count). The van der Waals surface area contributed by atoms with Crippen molar-refractivity contribution < 1.29 is 14.3 Å². The van der Waals surface area contributed by atoms with Crippen LogP contribution in [0, 0.1) is 11.3 Å². The smallest absolute Gasteiger partial charge is 0.229 e. The van der Waals surface area contributed by atoms with Gasteiger partial charge in [-0.15, -0.1) is 0 Å². The molecule has 0 aliphatic carbocycles. The normalized spacial score (nSPS) is 25.6. The average molecular weight is 403 g/mol. The molecule has 3 heterocycles. The minimum absolute atomic E-state index is 0.0421. The molecule has 1 aromatic rings. The summed E-state index contributed by atoms with van der Waals surface area (Å²) in [4.78, 5) is 33.9. The molecule has 7 heteroatoms. The fourth-order valence-corrected chi connectivity index (χ4v) is 4.11. The summed E-state index contributed by atoms with van der Waals surface area (Å²) in [6.07, 6.45) is 3.70. The van der Waals surface area contributed by atoms with Crippen molar-refractivity contribution in [2.24, 2.45) is 11.3 Å². The third-order valence-corrected chi connectivity index (χ3v) is 5.48. The zero-order valence-corrected chi connectivity index (χ0v) is 18.3. The molecular weight excluding hydrogens is 368 g/mol. The standard InChI is InChI=1S/C22H34N4O3/c1-15-12-26(13-16(2)29-15)19-9-8-18(11-23-19)24-20(27)17-7-6-10-25(14-17)21(28)22(3,4)5/h8-9,11,15-17H,6-7,10,12-14H2,1-5H3,(H,24,27)/t15-,16+,17-/m1/s1. The van der Waals surface area contributed by atoms with E-state index in [0.717, 1.165) is 38.3 Å². The topological polar surface area (TPSA) is 74.8 Å². The summed E-state index contributed by atoms with van der Waals surface area (Å²) in [6, 6.07) is 3.84. The van der Waals surface area contributed by atoms with E-state index in [-0.39, 0.29) is 29.9 Å². The highest BCUT2D eigenvalue weighted by atomic mass is 16.5. The predicted octanol–water partition coefficient (Wildman–Crippen LogP) is 2.92. The molecule has 0 spiro atoms. The van der Waals surface area contributed by atoms with Gasteiger partial charge in [-0.2, -0.15) is 0 Å². The minimum Gasteiger partial charge on any atom is -0.372 e. The quantitative estimate of drug-likeness (QED) is 0.841. The Morgan fingerprint density at radius 3 is 2.41 bits per heavy atom. The molecule has 1 N–H and O–H groups in total. The predicted molar refractivity (Wildman–Crippen MR) is 114 cm³/mol. The maximum atomic E-state index is 12.8. The van der Waals surface area contributed by atoms with E-state index < -0.39 is 5.41 Å². The Balaban J connectivity index is 1.58. The number of nitrogens with zero attached hydrogens (tertiary/aromatic N) is 3. The van der Waals surface area contributed by atoms with Crippen LogP contribution < -0.4 is 10.2 Å². The number of rotatable bonds is 3. The molecule has 2 amide bonds. The highest BCUT2D eigenvalue weighted by molar-refractivity contribution is 5.93. The Labute approximate surface area is 173 Å². The van der Waals surface area contributed by atoms with Crippen molar-refractivity contribution in [1.82, 2.24) is 9.88 Å². The lowest BCUT2D eigenvalue weighted by molar-refractivity contribution is -0.142. The van der Waals surface area contributed by atoms with Crippen LogP contribution in [-0.4, -0.2) is 60.1 Å². The number of morpholine rings is 1. The maximum Gasteiger partial charge on any atom is 0.229 e. The van der Waals surface area contributed by atoms with Crippen molar-refractivity contribution in [3.05, 3.63) is 18.3 Å². The van der Waals surface area contributed by atoms with Gasteiger partial charge >= 0.3 is 0 Å². The Hall–Kier alpha value is -2.15. The van der Waals surface area contributed by atoms with Crippen molar-refractivity contribution in [3.63, 3.8) is 0 Å². The number of pyridine rings is 1. The lowest BCUT2D eigenvalue weighted by Crippen LogP contribution is -2.47. The number of carbonyl (C=O) groups is 2. The number of aromatic nitrogens is 1. The molecule has 0 radical (unpaired) electrons. The molecule has 0 unspecified atom stereocenters. The highest BCUT2D eigenvalue weighted by Crippen LogP contribution is 2.25. The van der Waals surface area contributed by atoms with Crippen LogP contribution in [0.15, 0.2) is 18.3 Å². The maximum absolute atomic E-state index is 12.8. The van der Waals surface area contributed by atoms with Crippen LogP contribution in [0.3, 0.4) is 0 Å². The second-order valence-electron chi connectivity index (χ2n) is 9.40. The van der Waals surface area contributed by atoms with Crippen LogP contribution in [0.2, 0.25) is 0 Å². The molecule has 0 aromatic carbocycles. The van der Waals surface area contributed by atoms with E-state index in [4.69, 9.17) is 4.74 Å². The number of likely N-dealkylation sites (tertiary alicyclic amines) is 1. The monoisotopic (exact) mass is 402 g/mol. The van der Waals surface area contributed by atoms with Crippen molar-refractivity contribution in [2.75, 3.05) is 36.4 Å². The summed E-state index contributed by atoms with van der Waals surface area (Å²) in [7, 11) is 0. The zero-order chi connectivity index (χ0) is 21.2. The van der Waals surface area contributed by atoms with Gasteiger partial charge in [-0.1, -0.05) is 20.8 Å². The molecule has 7 nitrogen and oxygen atoms in total. The summed E-state index contributed by atoms with van der Waals surface area (Å²) in [5.41, 5.74) is 0.263. The Bertz CT molecular complexity index is 719. The first-order valence-electron chi connectivity index (χ1n) is 10.6. The Morgan fingerprint density at radius 2 is 1.83 bits per heavy atom. The third-order valence-electron chi connectivity index (χ3n) is 5.48. The lowest BCUT2D eigenvalue weighted by atomic mass is 9.91. The zero-order valence-electron chi connectivity index (χ0n) is 18.3. The van der Waals surface area contributed by atoms with Gasteiger partial charge in [-0.3, -0.25) is 9.59 Å². The molecule has 2 fully saturated rings. The highest BCUT2D eigenvalue weighted by Gasteiger charge is 2.33. The minimum atomic E-state index is -0.424. The van der Waals surface area contributed by atoms with Crippen LogP contribution in [0.25, 0.3) is 0 Å². The number of hydrogen-bond donors (Lipinski definition) is 1. The Morgan fingerprint density at radius 1 is 1.14 bits per heavy atom. The van der Waals surface area contributed by atoms with Crippen LogP contribution in [0.1, 0.15) is 47.5 Å². The third kappa shape index (κ3) is 5.47. The summed E-state index contributed by atoms with van der Waals surface area (Å²) < 4.78 is 5.77. The van der Waals surface area contributed by atoms with Crippen LogP contribution in [-0.2, 0) is 14.3 Å². The van der Waals surface area contributed by atoms with Gasteiger partial charge in [0.2, 0.25) is 11.8 Å². The van der Waals surface area contributed by atoms with Gasteiger partial charge in [0.25, 0.3) is 0 Å².